The summed E-state index contributed by atoms with van der Waals surface area (Å²) in [5.74, 6) is -0.673. The summed E-state index contributed by atoms with van der Waals surface area (Å²) in [6.45, 7) is 5.57. The first-order valence-corrected chi connectivity index (χ1v) is 5.99. The van der Waals surface area contributed by atoms with Crippen LogP contribution in [0.25, 0.3) is 0 Å². The zero-order valence-electron chi connectivity index (χ0n) is 11.4. The first-order valence-electron chi connectivity index (χ1n) is 5.99. The van der Waals surface area contributed by atoms with Gasteiger partial charge in [0.15, 0.2) is 0 Å². The van der Waals surface area contributed by atoms with Gasteiger partial charge in [-0.25, -0.2) is 0 Å². The Morgan fingerprint density at radius 3 is 2.32 bits per heavy atom. The highest BCUT2D eigenvalue weighted by atomic mass is 19.4. The van der Waals surface area contributed by atoms with Crippen molar-refractivity contribution in [1.29, 1.82) is 0 Å². The molecule has 0 bridgehead atoms. The summed E-state index contributed by atoms with van der Waals surface area (Å²) in [6, 6.07) is 0. The van der Waals surface area contributed by atoms with E-state index in [-0.39, 0.29) is 18.0 Å². The van der Waals surface area contributed by atoms with E-state index in [1.54, 1.807) is 27.7 Å². The van der Waals surface area contributed by atoms with Crippen LogP contribution in [0, 0.1) is 19.8 Å². The van der Waals surface area contributed by atoms with Crippen LogP contribution in [-0.4, -0.2) is 40.3 Å². The van der Waals surface area contributed by atoms with E-state index in [1.807, 2.05) is 0 Å². The molecule has 0 saturated heterocycles. The molecule has 0 spiro atoms. The van der Waals surface area contributed by atoms with Gasteiger partial charge in [0.05, 0.1) is 11.3 Å². The number of halogens is 3. The molecule has 0 aliphatic carbocycles. The molecule has 1 aromatic heterocycles. The zero-order valence-corrected chi connectivity index (χ0v) is 11.4. The maximum Gasteiger partial charge on any atom is 0.406 e. The van der Waals surface area contributed by atoms with Gasteiger partial charge in [0.2, 0.25) is 0 Å². The van der Waals surface area contributed by atoms with Crippen molar-refractivity contribution < 1.29 is 18.0 Å². The third kappa shape index (κ3) is 4.25. The van der Waals surface area contributed by atoms with Crippen molar-refractivity contribution in [3.63, 3.8) is 0 Å². The smallest absolute Gasteiger partial charge is 0.329 e. The Morgan fingerprint density at radius 1 is 1.37 bits per heavy atom. The number of aromatic nitrogens is 2. The number of hydrogen-bond acceptors (Lipinski definition) is 2. The lowest BCUT2D eigenvalue weighted by molar-refractivity contribution is -0.141. The van der Waals surface area contributed by atoms with E-state index >= 15 is 0 Å². The minimum absolute atomic E-state index is 0.0428. The van der Waals surface area contributed by atoms with Crippen LogP contribution in [0.1, 0.15) is 35.6 Å². The lowest BCUT2D eigenvalue weighted by Crippen LogP contribution is -2.41. The Bertz CT molecular complexity index is 432. The molecule has 19 heavy (non-hydrogen) atoms. The molecule has 1 heterocycles. The van der Waals surface area contributed by atoms with Crippen molar-refractivity contribution in [1.82, 2.24) is 15.1 Å². The first kappa shape index (κ1) is 15.5. The normalized spacial score (nSPS) is 12.0. The second kappa shape index (κ2) is 5.63. The van der Waals surface area contributed by atoms with Gasteiger partial charge in [-0.15, -0.1) is 0 Å². The van der Waals surface area contributed by atoms with E-state index in [0.29, 0.717) is 11.4 Å². The summed E-state index contributed by atoms with van der Waals surface area (Å²) < 4.78 is 37.6. The second-order valence-corrected chi connectivity index (χ2v) is 5.00. The Hall–Kier alpha value is -1.53. The van der Waals surface area contributed by atoms with Gasteiger partial charge in [-0.2, -0.15) is 18.3 Å². The largest absolute Gasteiger partial charge is 0.406 e. The molecular weight excluding hydrogens is 259 g/mol. The number of carbonyl (C=O) groups excluding carboxylic acids is 1. The van der Waals surface area contributed by atoms with Crippen molar-refractivity contribution >= 4 is 5.91 Å². The Labute approximate surface area is 110 Å². The molecule has 0 aliphatic heterocycles. The molecule has 1 N–H and O–H groups in total. The second-order valence-electron chi connectivity index (χ2n) is 5.00. The van der Waals surface area contributed by atoms with Gasteiger partial charge in [-0.3, -0.25) is 9.89 Å². The average Bonchev–Trinajstić information content (AvgIpc) is 2.54. The predicted octanol–water partition coefficient (Wildman–Crippen LogP) is 2.69. The number of alkyl halides is 3. The lowest BCUT2D eigenvalue weighted by Gasteiger charge is -2.25. The van der Waals surface area contributed by atoms with E-state index in [2.05, 4.69) is 10.2 Å². The van der Waals surface area contributed by atoms with E-state index in [9.17, 15) is 18.0 Å². The molecule has 0 fully saturated rings. The molecular formula is C12H18F3N3O. The van der Waals surface area contributed by atoms with Crippen molar-refractivity contribution in [2.45, 2.75) is 33.9 Å². The van der Waals surface area contributed by atoms with Gasteiger partial charge in [-0.05, 0) is 19.8 Å². The maximum atomic E-state index is 12.5. The molecule has 1 aromatic rings. The minimum atomic E-state index is -4.41. The first-order chi connectivity index (χ1) is 8.61. The number of amides is 1. The van der Waals surface area contributed by atoms with Crippen molar-refractivity contribution in [2.24, 2.45) is 5.92 Å². The van der Waals surface area contributed by atoms with Gasteiger partial charge in [-0.1, -0.05) is 13.8 Å². The Kier molecular flexibility index (Phi) is 4.60. The topological polar surface area (TPSA) is 49.0 Å². The highest BCUT2D eigenvalue weighted by Gasteiger charge is 2.34. The Morgan fingerprint density at radius 2 is 1.95 bits per heavy atom. The number of carbonyl (C=O) groups is 1. The summed E-state index contributed by atoms with van der Waals surface area (Å²) >= 11 is 0. The standard InChI is InChI=1S/C12H18F3N3O/c1-7(2)5-18(6-12(13,14)15)11(19)10-8(3)16-17-9(10)4/h7H,5-6H2,1-4H3,(H,16,17). The quantitative estimate of drug-likeness (QED) is 0.919. The van der Waals surface area contributed by atoms with Crippen molar-refractivity contribution in [3.8, 4) is 0 Å². The lowest BCUT2D eigenvalue weighted by atomic mass is 10.1. The summed E-state index contributed by atoms with van der Waals surface area (Å²) in [5.41, 5.74) is 1.13. The highest BCUT2D eigenvalue weighted by molar-refractivity contribution is 5.96. The third-order valence-corrected chi connectivity index (χ3v) is 2.58. The van der Waals surface area contributed by atoms with Gasteiger partial charge < -0.3 is 4.90 Å². The van der Waals surface area contributed by atoms with Crippen LogP contribution in [0.4, 0.5) is 13.2 Å². The van der Waals surface area contributed by atoms with Crippen molar-refractivity contribution in [2.75, 3.05) is 13.1 Å². The molecule has 0 radical (unpaired) electrons. The molecule has 1 rings (SSSR count). The number of aromatic amines is 1. The molecule has 0 aliphatic rings. The van der Waals surface area contributed by atoms with Crippen LogP contribution < -0.4 is 0 Å². The predicted molar refractivity (Wildman–Crippen MR) is 64.9 cm³/mol. The summed E-state index contributed by atoms with van der Waals surface area (Å²) in [7, 11) is 0. The van der Waals surface area contributed by atoms with E-state index in [4.69, 9.17) is 0 Å². The molecule has 1 amide bonds. The van der Waals surface area contributed by atoms with Crippen LogP contribution >= 0.6 is 0 Å². The van der Waals surface area contributed by atoms with Crippen LogP contribution in [0.2, 0.25) is 0 Å². The number of H-pyrrole nitrogens is 1. The van der Waals surface area contributed by atoms with E-state index in [0.717, 1.165) is 4.90 Å². The monoisotopic (exact) mass is 277 g/mol. The summed E-state index contributed by atoms with van der Waals surface area (Å²) in [4.78, 5) is 13.1. The fourth-order valence-electron chi connectivity index (χ4n) is 1.90. The zero-order chi connectivity index (χ0) is 14.8. The van der Waals surface area contributed by atoms with E-state index in [1.165, 1.54) is 0 Å². The molecule has 0 aromatic carbocycles. The SMILES string of the molecule is Cc1n[nH]c(C)c1C(=O)N(CC(C)C)CC(F)(F)F. The molecule has 0 saturated carbocycles. The van der Waals surface area contributed by atoms with Crippen LogP contribution in [0.5, 0.6) is 0 Å². The Balaban J connectivity index is 3.01. The average molecular weight is 277 g/mol. The number of hydrogen-bond donors (Lipinski definition) is 1. The number of aryl methyl sites for hydroxylation is 2. The van der Waals surface area contributed by atoms with Gasteiger partial charge >= 0.3 is 6.18 Å². The molecule has 4 nitrogen and oxygen atoms in total. The van der Waals surface area contributed by atoms with Crippen LogP contribution in [0.3, 0.4) is 0 Å². The van der Waals surface area contributed by atoms with Crippen LogP contribution in [0.15, 0.2) is 0 Å². The summed E-state index contributed by atoms with van der Waals surface area (Å²) in [5, 5.41) is 6.45. The fourth-order valence-corrected chi connectivity index (χ4v) is 1.90. The molecule has 7 heteroatoms. The number of nitrogens with zero attached hydrogens (tertiary/aromatic N) is 2. The van der Waals surface area contributed by atoms with E-state index < -0.39 is 18.6 Å². The number of nitrogens with one attached hydrogen (secondary N) is 1. The third-order valence-electron chi connectivity index (χ3n) is 2.58. The fraction of sp³-hybridized carbons (Fsp3) is 0.667. The number of rotatable bonds is 4. The molecule has 0 atom stereocenters. The maximum absolute atomic E-state index is 12.5. The van der Waals surface area contributed by atoms with Gasteiger partial charge in [0, 0.05) is 12.2 Å². The highest BCUT2D eigenvalue weighted by Crippen LogP contribution is 2.21. The molecule has 0 unspecified atom stereocenters. The summed E-state index contributed by atoms with van der Waals surface area (Å²) in [6.07, 6.45) is -4.41. The molecule has 108 valence electrons. The van der Waals surface area contributed by atoms with Gasteiger partial charge in [0.1, 0.15) is 6.54 Å². The van der Waals surface area contributed by atoms with Crippen LogP contribution in [-0.2, 0) is 0 Å². The van der Waals surface area contributed by atoms with Crippen molar-refractivity contribution in [3.05, 3.63) is 17.0 Å². The van der Waals surface area contributed by atoms with Gasteiger partial charge in [0.25, 0.3) is 5.91 Å². The minimum Gasteiger partial charge on any atom is -0.329 e.